The van der Waals surface area contributed by atoms with E-state index >= 15 is 0 Å². The van der Waals surface area contributed by atoms with E-state index in [2.05, 4.69) is 10.3 Å². The molecule has 1 aromatic carbocycles. The Morgan fingerprint density at radius 1 is 1.23 bits per heavy atom. The first kappa shape index (κ1) is 22.4. The minimum atomic E-state index is -4.43. The van der Waals surface area contributed by atoms with Crippen molar-refractivity contribution in [1.29, 1.82) is 0 Å². The average Bonchev–Trinajstić information content (AvgIpc) is 2.96. The maximum Gasteiger partial charge on any atom is 0.446 e. The number of halogens is 3. The number of carbonyl (C=O) groups excluding carboxylic acids is 3. The zero-order valence-electron chi connectivity index (χ0n) is 16.2. The van der Waals surface area contributed by atoms with Gasteiger partial charge in [0.2, 0.25) is 0 Å². The lowest BCUT2D eigenvalue weighted by atomic mass is 10.2. The Labute approximate surface area is 179 Å². The second kappa shape index (κ2) is 9.25. The van der Waals surface area contributed by atoms with E-state index in [-0.39, 0.29) is 42.0 Å². The van der Waals surface area contributed by atoms with Crippen molar-refractivity contribution >= 4 is 41.2 Å². The Morgan fingerprint density at radius 3 is 2.58 bits per heavy atom. The number of benzene rings is 1. The lowest BCUT2D eigenvalue weighted by Gasteiger charge is -2.19. The molecule has 12 heteroatoms. The summed E-state index contributed by atoms with van der Waals surface area (Å²) < 4.78 is 42.3. The van der Waals surface area contributed by atoms with Crippen LogP contribution in [0.4, 0.5) is 34.1 Å². The van der Waals surface area contributed by atoms with Gasteiger partial charge in [-0.1, -0.05) is 0 Å². The van der Waals surface area contributed by atoms with Crippen molar-refractivity contribution in [3.8, 4) is 0 Å². The number of pyridine rings is 1. The maximum absolute atomic E-state index is 12.8. The molecule has 0 bridgehead atoms. The van der Waals surface area contributed by atoms with Crippen molar-refractivity contribution in [1.82, 2.24) is 9.88 Å². The van der Waals surface area contributed by atoms with Crippen LogP contribution in [0.2, 0.25) is 0 Å². The minimum Gasteiger partial charge on any atom is -0.450 e. The molecule has 0 unspecified atom stereocenters. The van der Waals surface area contributed by atoms with Crippen LogP contribution in [0.3, 0.4) is 0 Å². The summed E-state index contributed by atoms with van der Waals surface area (Å²) in [6.07, 6.45) is 2.19. The molecule has 1 aliphatic heterocycles. The molecule has 1 aromatic heterocycles. The van der Waals surface area contributed by atoms with E-state index < -0.39 is 23.5 Å². The predicted octanol–water partition coefficient (Wildman–Crippen LogP) is 4.23. The molecule has 4 amide bonds. The lowest BCUT2D eigenvalue weighted by molar-refractivity contribution is -0.116. The highest BCUT2D eigenvalue weighted by molar-refractivity contribution is 8.00. The number of nitrogens with one attached hydrogen (secondary N) is 1. The molecule has 0 radical (unpaired) electrons. The molecule has 1 fully saturated rings. The quantitative estimate of drug-likeness (QED) is 0.519. The molecule has 164 valence electrons. The van der Waals surface area contributed by atoms with Crippen molar-refractivity contribution in [2.24, 2.45) is 0 Å². The highest BCUT2D eigenvalue weighted by Gasteiger charge is 2.37. The molecule has 1 saturated heterocycles. The molecule has 1 N–H and O–H groups in total. The number of thioether (sulfide) groups is 1. The SMILES string of the molecule is CCOC(=O)Nc1cnccc1CN1CC(=O)N(c2ccc(SC(F)(F)F)cc2)C1=O. The summed E-state index contributed by atoms with van der Waals surface area (Å²) >= 11 is -0.284. The highest BCUT2D eigenvalue weighted by atomic mass is 32.2. The third-order valence-corrected chi connectivity index (χ3v) is 4.89. The fourth-order valence-electron chi connectivity index (χ4n) is 2.88. The number of rotatable bonds is 6. The van der Waals surface area contributed by atoms with Crippen LogP contribution in [0, 0.1) is 0 Å². The highest BCUT2D eigenvalue weighted by Crippen LogP contribution is 2.37. The van der Waals surface area contributed by atoms with Gasteiger partial charge in [0.15, 0.2) is 0 Å². The summed E-state index contributed by atoms with van der Waals surface area (Å²) in [6, 6.07) is 5.92. The van der Waals surface area contributed by atoms with E-state index in [9.17, 15) is 27.6 Å². The third-order valence-electron chi connectivity index (χ3n) is 4.15. The summed E-state index contributed by atoms with van der Waals surface area (Å²) in [7, 11) is 0. The van der Waals surface area contributed by atoms with Gasteiger partial charge in [-0.05, 0) is 54.6 Å². The summed E-state index contributed by atoms with van der Waals surface area (Å²) in [4.78, 5) is 42.9. The number of anilines is 2. The Morgan fingerprint density at radius 2 is 1.94 bits per heavy atom. The lowest BCUT2D eigenvalue weighted by Crippen LogP contribution is -2.33. The van der Waals surface area contributed by atoms with Crippen molar-refractivity contribution in [3.05, 3.63) is 48.3 Å². The predicted molar refractivity (Wildman–Crippen MR) is 107 cm³/mol. The number of hydrogen-bond acceptors (Lipinski definition) is 6. The second-order valence-electron chi connectivity index (χ2n) is 6.29. The number of imide groups is 1. The second-order valence-corrected chi connectivity index (χ2v) is 7.43. The number of ether oxygens (including phenoxy) is 1. The van der Waals surface area contributed by atoms with E-state index in [0.29, 0.717) is 11.3 Å². The van der Waals surface area contributed by atoms with Crippen LogP contribution in [0.1, 0.15) is 12.5 Å². The fourth-order valence-corrected chi connectivity index (χ4v) is 3.42. The van der Waals surface area contributed by atoms with Crippen LogP contribution in [-0.2, 0) is 16.1 Å². The van der Waals surface area contributed by atoms with Gasteiger partial charge >= 0.3 is 17.6 Å². The van der Waals surface area contributed by atoms with Crippen molar-refractivity contribution in [3.63, 3.8) is 0 Å². The summed E-state index contributed by atoms with van der Waals surface area (Å²) in [5.74, 6) is -0.518. The average molecular weight is 454 g/mol. The molecule has 0 spiro atoms. The zero-order valence-corrected chi connectivity index (χ0v) is 17.0. The Bertz CT molecular complexity index is 985. The number of alkyl halides is 3. The van der Waals surface area contributed by atoms with Gasteiger partial charge in [-0.3, -0.25) is 15.1 Å². The van der Waals surface area contributed by atoms with Crippen molar-refractivity contribution < 1.29 is 32.3 Å². The van der Waals surface area contributed by atoms with E-state index in [4.69, 9.17) is 4.74 Å². The van der Waals surface area contributed by atoms with Crippen LogP contribution in [-0.4, -0.2) is 46.6 Å². The van der Waals surface area contributed by atoms with Gasteiger partial charge in [-0.15, -0.1) is 0 Å². The summed E-state index contributed by atoms with van der Waals surface area (Å²) in [5, 5.41) is 2.52. The molecule has 1 aliphatic rings. The number of nitrogens with zero attached hydrogens (tertiary/aromatic N) is 3. The first-order valence-electron chi connectivity index (χ1n) is 9.02. The monoisotopic (exact) mass is 454 g/mol. The normalized spacial score (nSPS) is 14.2. The van der Waals surface area contributed by atoms with Gasteiger partial charge in [0, 0.05) is 11.1 Å². The Hall–Kier alpha value is -3.28. The molecular formula is C19H17F3N4O4S. The summed E-state index contributed by atoms with van der Waals surface area (Å²) in [6.45, 7) is 1.61. The molecule has 2 heterocycles. The van der Waals surface area contributed by atoms with Crippen LogP contribution in [0.15, 0.2) is 47.6 Å². The topological polar surface area (TPSA) is 91.8 Å². The molecule has 0 atom stereocenters. The number of hydrogen-bond donors (Lipinski definition) is 1. The Balaban J connectivity index is 1.73. The number of carbonyl (C=O) groups is 3. The molecular weight excluding hydrogens is 437 g/mol. The van der Waals surface area contributed by atoms with Gasteiger partial charge in [0.05, 0.1) is 30.7 Å². The number of amides is 4. The maximum atomic E-state index is 12.8. The van der Waals surface area contributed by atoms with E-state index in [1.165, 1.54) is 41.6 Å². The molecule has 8 nitrogen and oxygen atoms in total. The van der Waals surface area contributed by atoms with Crippen LogP contribution in [0.5, 0.6) is 0 Å². The molecule has 0 aliphatic carbocycles. The van der Waals surface area contributed by atoms with E-state index in [1.54, 1.807) is 13.0 Å². The van der Waals surface area contributed by atoms with Crippen LogP contribution in [0.25, 0.3) is 0 Å². The minimum absolute atomic E-state index is 0.00728. The smallest absolute Gasteiger partial charge is 0.446 e. The molecule has 0 saturated carbocycles. The van der Waals surface area contributed by atoms with Gasteiger partial charge in [-0.25, -0.2) is 14.5 Å². The van der Waals surface area contributed by atoms with Crippen LogP contribution < -0.4 is 10.2 Å². The van der Waals surface area contributed by atoms with Crippen molar-refractivity contribution in [2.45, 2.75) is 23.9 Å². The van der Waals surface area contributed by atoms with Gasteiger partial charge in [-0.2, -0.15) is 13.2 Å². The first-order valence-corrected chi connectivity index (χ1v) is 9.84. The molecule has 2 aromatic rings. The zero-order chi connectivity index (χ0) is 22.6. The Kier molecular flexibility index (Phi) is 6.68. The number of urea groups is 1. The van der Waals surface area contributed by atoms with Crippen LogP contribution >= 0.6 is 11.8 Å². The largest absolute Gasteiger partial charge is 0.450 e. The standard InChI is InChI=1S/C19H17F3N4O4S/c1-2-30-17(28)24-15-9-23-8-7-12(15)10-25-11-16(27)26(18(25)29)13-3-5-14(6-4-13)31-19(20,21)22/h3-9H,2,10-11H2,1H3,(H,24,28). The van der Waals surface area contributed by atoms with E-state index in [0.717, 1.165) is 4.90 Å². The molecule has 31 heavy (non-hydrogen) atoms. The fraction of sp³-hybridized carbons (Fsp3) is 0.263. The third kappa shape index (κ3) is 5.66. The van der Waals surface area contributed by atoms with Gasteiger partial charge in [0.25, 0.3) is 5.91 Å². The van der Waals surface area contributed by atoms with Gasteiger partial charge in [0.1, 0.15) is 6.54 Å². The first-order chi connectivity index (χ1) is 14.7. The van der Waals surface area contributed by atoms with Gasteiger partial charge < -0.3 is 9.64 Å². The van der Waals surface area contributed by atoms with E-state index in [1.807, 2.05) is 0 Å². The summed E-state index contributed by atoms with van der Waals surface area (Å²) in [5.41, 5.74) is -3.41. The molecule has 3 rings (SSSR count). The number of aromatic nitrogens is 1. The van der Waals surface area contributed by atoms with Crippen molar-refractivity contribution in [2.75, 3.05) is 23.4 Å².